The third kappa shape index (κ3) is 3.91. The van der Waals surface area contributed by atoms with E-state index in [0.29, 0.717) is 10.8 Å². The zero-order valence-electron chi connectivity index (χ0n) is 9.41. The van der Waals surface area contributed by atoms with Crippen molar-refractivity contribution in [1.82, 2.24) is 10.6 Å². The van der Waals surface area contributed by atoms with Crippen molar-refractivity contribution in [3.8, 4) is 5.75 Å². The number of carbonyl (C=O) groups is 1. The van der Waals surface area contributed by atoms with Crippen LogP contribution in [0.25, 0.3) is 0 Å². The first-order valence-electron chi connectivity index (χ1n) is 5.62. The van der Waals surface area contributed by atoms with E-state index in [1.807, 2.05) is 0 Å². The Hall–Kier alpha value is -1.26. The third-order valence-electron chi connectivity index (χ3n) is 2.59. The molecule has 5 heteroatoms. The van der Waals surface area contributed by atoms with Gasteiger partial charge in [-0.2, -0.15) is 0 Å². The second-order valence-electron chi connectivity index (χ2n) is 4.00. The van der Waals surface area contributed by atoms with Gasteiger partial charge in [-0.15, -0.1) is 0 Å². The van der Waals surface area contributed by atoms with Gasteiger partial charge in [0.2, 0.25) is 0 Å². The quantitative estimate of drug-likeness (QED) is 0.849. The van der Waals surface area contributed by atoms with Crippen LogP contribution in [-0.2, 0) is 4.79 Å². The third-order valence-corrected chi connectivity index (χ3v) is 2.83. The molecular formula is C12H15ClN2O2. The van der Waals surface area contributed by atoms with Crippen LogP contribution in [0.3, 0.4) is 0 Å². The highest BCUT2D eigenvalue weighted by atomic mass is 35.5. The maximum atomic E-state index is 11.6. The minimum Gasteiger partial charge on any atom is -0.484 e. The van der Waals surface area contributed by atoms with E-state index < -0.39 is 0 Å². The van der Waals surface area contributed by atoms with Gasteiger partial charge in [-0.05, 0) is 31.2 Å². The van der Waals surface area contributed by atoms with Gasteiger partial charge < -0.3 is 15.4 Å². The van der Waals surface area contributed by atoms with Crippen molar-refractivity contribution < 1.29 is 9.53 Å². The maximum Gasteiger partial charge on any atom is 0.258 e. The molecule has 17 heavy (non-hydrogen) atoms. The number of amides is 1. The highest BCUT2D eigenvalue weighted by Crippen LogP contribution is 2.16. The van der Waals surface area contributed by atoms with Crippen molar-refractivity contribution in [2.45, 2.75) is 12.5 Å². The molecule has 4 nitrogen and oxygen atoms in total. The molecule has 1 fully saturated rings. The summed E-state index contributed by atoms with van der Waals surface area (Å²) in [5, 5.41) is 6.69. The fraction of sp³-hybridized carbons (Fsp3) is 0.417. The molecule has 0 aromatic heterocycles. The minimum absolute atomic E-state index is 0.0246. The molecular weight excluding hydrogens is 240 g/mol. The van der Waals surface area contributed by atoms with Crippen molar-refractivity contribution in [3.63, 3.8) is 0 Å². The predicted molar refractivity (Wildman–Crippen MR) is 66.4 cm³/mol. The van der Waals surface area contributed by atoms with E-state index >= 15 is 0 Å². The SMILES string of the molecule is O=C(COc1cccc(Cl)c1)N[C@@H]1CCNC1. The summed E-state index contributed by atoms with van der Waals surface area (Å²) >= 11 is 5.81. The van der Waals surface area contributed by atoms with Crippen LogP contribution in [0.15, 0.2) is 24.3 Å². The lowest BCUT2D eigenvalue weighted by Gasteiger charge is -2.12. The van der Waals surface area contributed by atoms with Crippen molar-refractivity contribution in [3.05, 3.63) is 29.3 Å². The molecule has 1 atom stereocenters. The van der Waals surface area contributed by atoms with E-state index in [9.17, 15) is 4.79 Å². The Morgan fingerprint density at radius 3 is 3.18 bits per heavy atom. The molecule has 1 aliphatic rings. The Balaban J connectivity index is 1.75. The van der Waals surface area contributed by atoms with Crippen LogP contribution in [0, 0.1) is 0 Å². The first-order chi connectivity index (χ1) is 8.24. The highest BCUT2D eigenvalue weighted by Gasteiger charge is 2.16. The maximum absolute atomic E-state index is 11.6. The number of hydrogen-bond donors (Lipinski definition) is 2. The minimum atomic E-state index is -0.0984. The van der Waals surface area contributed by atoms with E-state index in [4.69, 9.17) is 16.3 Å². The van der Waals surface area contributed by atoms with E-state index in [-0.39, 0.29) is 18.6 Å². The zero-order chi connectivity index (χ0) is 12.1. The van der Waals surface area contributed by atoms with Gasteiger partial charge in [-0.3, -0.25) is 4.79 Å². The van der Waals surface area contributed by atoms with Crippen LogP contribution < -0.4 is 15.4 Å². The summed E-state index contributed by atoms with van der Waals surface area (Å²) in [7, 11) is 0. The lowest BCUT2D eigenvalue weighted by molar-refractivity contribution is -0.123. The number of benzene rings is 1. The van der Waals surface area contributed by atoms with Gasteiger partial charge in [-0.1, -0.05) is 17.7 Å². The lowest BCUT2D eigenvalue weighted by atomic mass is 10.2. The molecule has 1 amide bonds. The Kier molecular flexibility index (Phi) is 4.23. The fourth-order valence-corrected chi connectivity index (χ4v) is 1.93. The Morgan fingerprint density at radius 2 is 2.47 bits per heavy atom. The number of halogens is 1. The van der Waals surface area contributed by atoms with Crippen LogP contribution >= 0.6 is 11.6 Å². The molecule has 1 aliphatic heterocycles. The van der Waals surface area contributed by atoms with E-state index in [2.05, 4.69) is 10.6 Å². The second-order valence-corrected chi connectivity index (χ2v) is 4.44. The van der Waals surface area contributed by atoms with E-state index in [0.717, 1.165) is 19.5 Å². The number of rotatable bonds is 4. The number of carbonyl (C=O) groups excluding carboxylic acids is 1. The van der Waals surface area contributed by atoms with Gasteiger partial charge in [0.1, 0.15) is 5.75 Å². The second kappa shape index (κ2) is 5.89. The topological polar surface area (TPSA) is 50.4 Å². The van der Waals surface area contributed by atoms with Gasteiger partial charge in [0.15, 0.2) is 6.61 Å². The summed E-state index contributed by atoms with van der Waals surface area (Å²) in [6, 6.07) is 7.24. The van der Waals surface area contributed by atoms with Crippen LogP contribution in [0.1, 0.15) is 6.42 Å². The lowest BCUT2D eigenvalue weighted by Crippen LogP contribution is -2.39. The monoisotopic (exact) mass is 254 g/mol. The van der Waals surface area contributed by atoms with Gasteiger partial charge in [0, 0.05) is 17.6 Å². The molecule has 2 rings (SSSR count). The normalized spacial score (nSPS) is 19.0. The first kappa shape index (κ1) is 12.2. The molecule has 0 spiro atoms. The Labute approximate surface area is 105 Å². The molecule has 1 saturated heterocycles. The largest absolute Gasteiger partial charge is 0.484 e. The average Bonchev–Trinajstić information content (AvgIpc) is 2.79. The van der Waals surface area contributed by atoms with Crippen LogP contribution in [0.4, 0.5) is 0 Å². The molecule has 2 N–H and O–H groups in total. The standard InChI is InChI=1S/C12H15ClN2O2/c13-9-2-1-3-11(6-9)17-8-12(16)15-10-4-5-14-7-10/h1-3,6,10,14H,4-5,7-8H2,(H,15,16)/t10-/m1/s1. The summed E-state index contributed by atoms with van der Waals surface area (Å²) in [6.45, 7) is 1.82. The molecule has 0 radical (unpaired) electrons. The predicted octanol–water partition coefficient (Wildman–Crippen LogP) is 1.20. The van der Waals surface area contributed by atoms with Crippen LogP contribution in [-0.4, -0.2) is 31.6 Å². The van der Waals surface area contributed by atoms with Crippen LogP contribution in [0.5, 0.6) is 5.75 Å². The fourth-order valence-electron chi connectivity index (χ4n) is 1.75. The van der Waals surface area contributed by atoms with Gasteiger partial charge in [0.05, 0.1) is 0 Å². The molecule has 0 saturated carbocycles. The smallest absolute Gasteiger partial charge is 0.258 e. The summed E-state index contributed by atoms with van der Waals surface area (Å²) in [4.78, 5) is 11.6. The first-order valence-corrected chi connectivity index (χ1v) is 6.00. The van der Waals surface area contributed by atoms with Crippen molar-refractivity contribution in [2.75, 3.05) is 19.7 Å². The Morgan fingerprint density at radius 1 is 1.59 bits per heavy atom. The molecule has 0 bridgehead atoms. The summed E-state index contributed by atoms with van der Waals surface area (Å²) in [5.41, 5.74) is 0. The molecule has 1 heterocycles. The molecule has 1 aromatic carbocycles. The van der Waals surface area contributed by atoms with Gasteiger partial charge >= 0.3 is 0 Å². The van der Waals surface area contributed by atoms with Gasteiger partial charge in [-0.25, -0.2) is 0 Å². The van der Waals surface area contributed by atoms with Crippen molar-refractivity contribution in [1.29, 1.82) is 0 Å². The average molecular weight is 255 g/mol. The Bertz CT molecular complexity index is 392. The number of nitrogens with one attached hydrogen (secondary N) is 2. The van der Waals surface area contributed by atoms with Crippen molar-refractivity contribution >= 4 is 17.5 Å². The number of hydrogen-bond acceptors (Lipinski definition) is 3. The van der Waals surface area contributed by atoms with E-state index in [1.165, 1.54) is 0 Å². The van der Waals surface area contributed by atoms with Crippen LogP contribution in [0.2, 0.25) is 5.02 Å². The van der Waals surface area contributed by atoms with Gasteiger partial charge in [0.25, 0.3) is 5.91 Å². The summed E-state index contributed by atoms with van der Waals surface area (Å²) in [6.07, 6.45) is 0.975. The zero-order valence-corrected chi connectivity index (χ0v) is 10.2. The summed E-state index contributed by atoms with van der Waals surface area (Å²) in [5.74, 6) is 0.510. The molecule has 0 unspecified atom stereocenters. The summed E-state index contributed by atoms with van der Waals surface area (Å²) < 4.78 is 5.34. The molecule has 92 valence electrons. The van der Waals surface area contributed by atoms with Crippen molar-refractivity contribution in [2.24, 2.45) is 0 Å². The number of ether oxygens (including phenoxy) is 1. The molecule has 0 aliphatic carbocycles. The molecule has 1 aromatic rings. The highest BCUT2D eigenvalue weighted by molar-refractivity contribution is 6.30. The van der Waals surface area contributed by atoms with E-state index in [1.54, 1.807) is 24.3 Å².